The van der Waals surface area contributed by atoms with E-state index in [1.54, 1.807) is 18.2 Å². The molecule has 0 aliphatic heterocycles. The third kappa shape index (κ3) is 4.06. The van der Waals surface area contributed by atoms with Crippen LogP contribution in [0.3, 0.4) is 0 Å². The van der Waals surface area contributed by atoms with E-state index < -0.39 is 0 Å². The number of terminal acetylenes is 1. The van der Waals surface area contributed by atoms with E-state index in [1.165, 1.54) is 11.8 Å². The lowest BCUT2D eigenvalue weighted by Gasteiger charge is -2.05. The second-order valence-electron chi connectivity index (χ2n) is 3.32. The van der Waals surface area contributed by atoms with Gasteiger partial charge in [-0.15, -0.1) is 16.6 Å². The molecule has 0 aliphatic rings. The minimum Gasteiger partial charge on any atom is -0.482 e. The Balaban J connectivity index is 1.95. The van der Waals surface area contributed by atoms with Gasteiger partial charge in [0.1, 0.15) is 5.75 Å². The van der Waals surface area contributed by atoms with Crippen LogP contribution < -0.4 is 4.74 Å². The van der Waals surface area contributed by atoms with Crippen LogP contribution >= 0.6 is 35.0 Å². The first-order chi connectivity index (χ1) is 9.19. The van der Waals surface area contributed by atoms with Gasteiger partial charge in [-0.3, -0.25) is 0 Å². The summed E-state index contributed by atoms with van der Waals surface area (Å²) in [5, 5.41) is 9.04. The molecule has 1 heterocycles. The molecule has 0 atom stereocenters. The van der Waals surface area contributed by atoms with Crippen LogP contribution in [0.15, 0.2) is 27.8 Å². The van der Waals surface area contributed by atoms with Gasteiger partial charge >= 0.3 is 0 Å². The molecule has 0 radical (unpaired) electrons. The molecule has 4 nitrogen and oxygen atoms in total. The zero-order chi connectivity index (χ0) is 13.7. The van der Waals surface area contributed by atoms with Gasteiger partial charge in [0.05, 0.1) is 10.8 Å². The highest BCUT2D eigenvalue weighted by atomic mass is 35.5. The molecule has 0 bridgehead atoms. The molecule has 0 N–H and O–H groups in total. The van der Waals surface area contributed by atoms with Crippen molar-refractivity contribution in [3.05, 3.63) is 34.1 Å². The minimum absolute atomic E-state index is 0.130. The molecule has 7 heteroatoms. The summed E-state index contributed by atoms with van der Waals surface area (Å²) in [5.74, 6) is 3.80. The molecule has 0 unspecified atom stereocenters. The molecule has 0 saturated heterocycles. The predicted molar refractivity (Wildman–Crippen MR) is 74.6 cm³/mol. The van der Waals surface area contributed by atoms with Crippen molar-refractivity contribution in [2.24, 2.45) is 0 Å². The van der Waals surface area contributed by atoms with Gasteiger partial charge in [-0.05, 0) is 18.2 Å². The molecule has 0 spiro atoms. The molecule has 19 heavy (non-hydrogen) atoms. The average molecular weight is 315 g/mol. The molecule has 98 valence electrons. The van der Waals surface area contributed by atoms with Crippen molar-refractivity contribution >= 4 is 35.0 Å². The number of hydrogen-bond donors (Lipinski definition) is 0. The summed E-state index contributed by atoms with van der Waals surface area (Å²) in [6.07, 6.45) is 5.14. The number of halogens is 2. The first kappa shape index (κ1) is 14.1. The highest BCUT2D eigenvalue weighted by Gasteiger charge is 2.08. The third-order valence-corrected chi connectivity index (χ3v) is 3.23. The lowest BCUT2D eigenvalue weighted by Crippen LogP contribution is -1.96. The van der Waals surface area contributed by atoms with Crippen molar-refractivity contribution in [2.75, 3.05) is 5.75 Å². The van der Waals surface area contributed by atoms with E-state index in [0.717, 1.165) is 0 Å². The second-order valence-corrected chi connectivity index (χ2v) is 5.09. The third-order valence-electron chi connectivity index (χ3n) is 1.97. The van der Waals surface area contributed by atoms with Crippen LogP contribution in [0.25, 0.3) is 0 Å². The van der Waals surface area contributed by atoms with E-state index >= 15 is 0 Å². The zero-order valence-corrected chi connectivity index (χ0v) is 11.9. The molecule has 1 aromatic heterocycles. The van der Waals surface area contributed by atoms with E-state index in [1.807, 2.05) is 0 Å². The fraction of sp³-hybridized carbons (Fsp3) is 0.167. The highest BCUT2D eigenvalue weighted by Crippen LogP contribution is 2.28. The maximum absolute atomic E-state index is 5.97. The lowest BCUT2D eigenvalue weighted by atomic mass is 10.3. The first-order valence-corrected chi connectivity index (χ1v) is 6.89. The van der Waals surface area contributed by atoms with E-state index in [9.17, 15) is 0 Å². The van der Waals surface area contributed by atoms with Crippen molar-refractivity contribution < 1.29 is 9.15 Å². The number of aromatic nitrogens is 2. The molecule has 2 aromatic rings. The minimum atomic E-state index is 0.130. The van der Waals surface area contributed by atoms with Gasteiger partial charge in [0.2, 0.25) is 0 Å². The monoisotopic (exact) mass is 314 g/mol. The SMILES string of the molecule is C#CCSc1nnc(COc2ccc(Cl)cc2Cl)o1. The molecule has 1 aromatic carbocycles. The molecule has 0 fully saturated rings. The van der Waals surface area contributed by atoms with Crippen LogP contribution in [-0.2, 0) is 6.61 Å². The van der Waals surface area contributed by atoms with Crippen LogP contribution in [0.1, 0.15) is 5.89 Å². The van der Waals surface area contributed by atoms with Gasteiger partial charge in [0, 0.05) is 5.02 Å². The van der Waals surface area contributed by atoms with Crippen molar-refractivity contribution in [1.82, 2.24) is 10.2 Å². The number of rotatable bonds is 5. The van der Waals surface area contributed by atoms with Crippen molar-refractivity contribution in [3.63, 3.8) is 0 Å². The van der Waals surface area contributed by atoms with Gasteiger partial charge in [0.15, 0.2) is 6.61 Å². The number of ether oxygens (including phenoxy) is 1. The average Bonchev–Trinajstić information content (AvgIpc) is 2.83. The normalized spacial score (nSPS) is 10.2. The summed E-state index contributed by atoms with van der Waals surface area (Å²) >= 11 is 13.0. The second kappa shape index (κ2) is 6.71. The van der Waals surface area contributed by atoms with Crippen LogP contribution in [0.2, 0.25) is 10.0 Å². The summed E-state index contributed by atoms with van der Waals surface area (Å²) in [6.45, 7) is 0.130. The fourth-order valence-corrected chi connectivity index (χ4v) is 2.11. The Hall–Kier alpha value is -1.35. The van der Waals surface area contributed by atoms with Crippen LogP contribution in [0, 0.1) is 12.3 Å². The molecular weight excluding hydrogens is 307 g/mol. The quantitative estimate of drug-likeness (QED) is 0.622. The van der Waals surface area contributed by atoms with Gasteiger partial charge < -0.3 is 9.15 Å². The van der Waals surface area contributed by atoms with Crippen molar-refractivity contribution in [2.45, 2.75) is 11.8 Å². The Morgan fingerprint density at radius 2 is 2.21 bits per heavy atom. The zero-order valence-electron chi connectivity index (χ0n) is 9.60. The maximum Gasteiger partial charge on any atom is 0.277 e. The number of nitrogens with zero attached hydrogens (tertiary/aromatic N) is 2. The molecule has 0 amide bonds. The van der Waals surface area contributed by atoms with Gasteiger partial charge in [-0.1, -0.05) is 40.9 Å². The Bertz CT molecular complexity index is 610. The van der Waals surface area contributed by atoms with Crippen LogP contribution in [0.5, 0.6) is 5.75 Å². The van der Waals surface area contributed by atoms with E-state index in [4.69, 9.17) is 38.8 Å². The Morgan fingerprint density at radius 1 is 1.37 bits per heavy atom. The standard InChI is InChI=1S/C12H8Cl2N2O2S/c1-2-5-19-12-16-15-11(18-12)7-17-10-4-3-8(13)6-9(10)14/h1,3-4,6H,5,7H2. The summed E-state index contributed by atoms with van der Waals surface area (Å²) in [5.41, 5.74) is 0. The lowest BCUT2D eigenvalue weighted by molar-refractivity contribution is 0.252. The van der Waals surface area contributed by atoms with E-state index in [0.29, 0.717) is 32.7 Å². The fourth-order valence-electron chi connectivity index (χ4n) is 1.19. The Kier molecular flexibility index (Phi) is 4.97. The molecule has 2 rings (SSSR count). The Labute approximate surface area is 124 Å². The van der Waals surface area contributed by atoms with Crippen molar-refractivity contribution in [1.29, 1.82) is 0 Å². The number of benzene rings is 1. The first-order valence-electron chi connectivity index (χ1n) is 5.15. The van der Waals surface area contributed by atoms with E-state index in [-0.39, 0.29) is 6.61 Å². The molecule has 0 aliphatic carbocycles. The summed E-state index contributed by atoms with van der Waals surface area (Å²) < 4.78 is 10.8. The number of thioether (sulfide) groups is 1. The van der Waals surface area contributed by atoms with Crippen LogP contribution in [-0.4, -0.2) is 16.0 Å². The molecule has 0 saturated carbocycles. The van der Waals surface area contributed by atoms with Gasteiger partial charge in [-0.25, -0.2) is 0 Å². The van der Waals surface area contributed by atoms with Crippen LogP contribution in [0.4, 0.5) is 0 Å². The summed E-state index contributed by atoms with van der Waals surface area (Å²) in [6, 6.07) is 4.96. The number of hydrogen-bond acceptors (Lipinski definition) is 5. The van der Waals surface area contributed by atoms with Gasteiger partial charge in [0.25, 0.3) is 11.1 Å². The summed E-state index contributed by atoms with van der Waals surface area (Å²) in [7, 11) is 0. The van der Waals surface area contributed by atoms with Crippen molar-refractivity contribution in [3.8, 4) is 18.1 Å². The Morgan fingerprint density at radius 3 is 2.95 bits per heavy atom. The largest absolute Gasteiger partial charge is 0.482 e. The van der Waals surface area contributed by atoms with Gasteiger partial charge in [-0.2, -0.15) is 0 Å². The van der Waals surface area contributed by atoms with E-state index in [2.05, 4.69) is 16.1 Å². The summed E-state index contributed by atoms with van der Waals surface area (Å²) in [4.78, 5) is 0. The smallest absolute Gasteiger partial charge is 0.277 e. The predicted octanol–water partition coefficient (Wildman–Crippen LogP) is 3.68. The topological polar surface area (TPSA) is 48.2 Å². The maximum atomic E-state index is 5.97. The highest BCUT2D eigenvalue weighted by molar-refractivity contribution is 7.99. The molecular formula is C12H8Cl2N2O2S.